The van der Waals surface area contributed by atoms with Gasteiger partial charge in [-0.15, -0.1) is 16.4 Å². The molecule has 1 aliphatic rings. The lowest BCUT2D eigenvalue weighted by molar-refractivity contribution is -0.121. The lowest BCUT2D eigenvalue weighted by atomic mass is 10.1. The highest BCUT2D eigenvalue weighted by molar-refractivity contribution is 7.10. The largest absolute Gasteiger partial charge is 0.406 e. The molecule has 2 aromatic heterocycles. The van der Waals surface area contributed by atoms with E-state index in [4.69, 9.17) is 4.42 Å². The third kappa shape index (κ3) is 5.44. The Morgan fingerprint density at radius 3 is 2.59 bits per heavy atom. The summed E-state index contributed by atoms with van der Waals surface area (Å²) in [5.74, 6) is 0.426. The van der Waals surface area contributed by atoms with E-state index in [-0.39, 0.29) is 11.9 Å². The Bertz CT molecular complexity index is 887. The SMILES string of the molecule is O=C(Cc1cccs1)N[C@@H](Cc1ccccc1)c1nnc(N2CCCCCC2)o1. The molecule has 6 nitrogen and oxygen atoms in total. The molecule has 3 aromatic rings. The predicted octanol–water partition coefficient (Wildman–Crippen LogP) is 4.15. The Balaban J connectivity index is 1.50. The Morgan fingerprint density at radius 1 is 1.07 bits per heavy atom. The van der Waals surface area contributed by atoms with Crippen molar-refractivity contribution >= 4 is 23.3 Å². The van der Waals surface area contributed by atoms with Crippen molar-refractivity contribution in [1.29, 1.82) is 0 Å². The van der Waals surface area contributed by atoms with Gasteiger partial charge < -0.3 is 14.6 Å². The van der Waals surface area contributed by atoms with Crippen LogP contribution in [0.15, 0.2) is 52.3 Å². The molecule has 29 heavy (non-hydrogen) atoms. The molecule has 0 bridgehead atoms. The number of carbonyl (C=O) groups is 1. The van der Waals surface area contributed by atoms with E-state index in [1.807, 2.05) is 47.8 Å². The molecule has 1 N–H and O–H groups in total. The lowest BCUT2D eigenvalue weighted by Gasteiger charge is -2.18. The average Bonchev–Trinajstić information content (AvgIpc) is 3.35. The van der Waals surface area contributed by atoms with Crippen LogP contribution < -0.4 is 10.2 Å². The minimum absolute atomic E-state index is 0.0390. The number of thiophene rings is 1. The fourth-order valence-corrected chi connectivity index (χ4v) is 4.33. The third-order valence-electron chi connectivity index (χ3n) is 5.14. The second kappa shape index (κ2) is 9.69. The fraction of sp³-hybridized carbons (Fsp3) is 0.409. The highest BCUT2D eigenvalue weighted by Crippen LogP contribution is 2.23. The van der Waals surface area contributed by atoms with E-state index in [2.05, 4.69) is 20.4 Å². The first kappa shape index (κ1) is 19.6. The molecule has 152 valence electrons. The zero-order valence-corrected chi connectivity index (χ0v) is 17.2. The van der Waals surface area contributed by atoms with Gasteiger partial charge in [0.05, 0.1) is 6.42 Å². The molecule has 1 amide bonds. The van der Waals surface area contributed by atoms with Crippen LogP contribution in [0.3, 0.4) is 0 Å². The molecule has 3 heterocycles. The fourth-order valence-electron chi connectivity index (χ4n) is 3.62. The van der Waals surface area contributed by atoms with Gasteiger partial charge in [-0.3, -0.25) is 4.79 Å². The topological polar surface area (TPSA) is 71.3 Å². The first-order valence-electron chi connectivity index (χ1n) is 10.2. The van der Waals surface area contributed by atoms with E-state index < -0.39 is 0 Å². The van der Waals surface area contributed by atoms with Crippen molar-refractivity contribution in [3.63, 3.8) is 0 Å². The number of amides is 1. The first-order chi connectivity index (χ1) is 14.3. The summed E-state index contributed by atoms with van der Waals surface area (Å²) in [5.41, 5.74) is 1.11. The summed E-state index contributed by atoms with van der Waals surface area (Å²) < 4.78 is 6.04. The van der Waals surface area contributed by atoms with Crippen LogP contribution in [0.2, 0.25) is 0 Å². The number of aromatic nitrogens is 2. The molecule has 1 aromatic carbocycles. The predicted molar refractivity (Wildman–Crippen MR) is 114 cm³/mol. The first-order valence-corrected chi connectivity index (χ1v) is 11.1. The van der Waals surface area contributed by atoms with E-state index in [0.717, 1.165) is 36.4 Å². The van der Waals surface area contributed by atoms with Crippen molar-refractivity contribution in [2.45, 2.75) is 44.6 Å². The zero-order chi connectivity index (χ0) is 19.9. The summed E-state index contributed by atoms with van der Waals surface area (Å²) >= 11 is 1.58. The number of hydrogen-bond donors (Lipinski definition) is 1. The van der Waals surface area contributed by atoms with Crippen LogP contribution in [-0.2, 0) is 17.6 Å². The summed E-state index contributed by atoms with van der Waals surface area (Å²) in [6.07, 6.45) is 5.74. The molecule has 1 atom stereocenters. The number of carbonyl (C=O) groups excluding carboxylic acids is 1. The van der Waals surface area contributed by atoms with Gasteiger partial charge in [-0.2, -0.15) is 0 Å². The normalized spacial score (nSPS) is 15.7. The Morgan fingerprint density at radius 2 is 1.86 bits per heavy atom. The zero-order valence-electron chi connectivity index (χ0n) is 16.4. The molecule has 0 saturated carbocycles. The van der Waals surface area contributed by atoms with Gasteiger partial charge in [-0.05, 0) is 29.9 Å². The number of anilines is 1. The summed E-state index contributed by atoms with van der Waals surface area (Å²) in [7, 11) is 0. The Hall–Kier alpha value is -2.67. The Kier molecular flexibility index (Phi) is 6.56. The molecule has 0 unspecified atom stereocenters. The Labute approximate surface area is 175 Å². The maximum absolute atomic E-state index is 12.6. The highest BCUT2D eigenvalue weighted by atomic mass is 32.1. The van der Waals surface area contributed by atoms with Crippen LogP contribution in [0.5, 0.6) is 0 Å². The molecule has 0 radical (unpaired) electrons. The molecule has 7 heteroatoms. The van der Waals surface area contributed by atoms with Crippen molar-refractivity contribution < 1.29 is 9.21 Å². The average molecular weight is 411 g/mol. The molecule has 1 aliphatic heterocycles. The van der Waals surface area contributed by atoms with Gasteiger partial charge >= 0.3 is 6.01 Å². The summed E-state index contributed by atoms with van der Waals surface area (Å²) in [6.45, 7) is 1.88. The quantitative estimate of drug-likeness (QED) is 0.633. The van der Waals surface area contributed by atoms with Gasteiger partial charge in [0.15, 0.2) is 0 Å². The minimum atomic E-state index is -0.349. The minimum Gasteiger partial charge on any atom is -0.406 e. The van der Waals surface area contributed by atoms with Gasteiger partial charge in [0, 0.05) is 24.4 Å². The van der Waals surface area contributed by atoms with E-state index in [1.165, 1.54) is 12.8 Å². The summed E-state index contributed by atoms with van der Waals surface area (Å²) in [4.78, 5) is 15.8. The van der Waals surface area contributed by atoms with Crippen LogP contribution in [0.4, 0.5) is 6.01 Å². The number of nitrogens with one attached hydrogen (secondary N) is 1. The monoisotopic (exact) mass is 410 g/mol. The van der Waals surface area contributed by atoms with E-state index >= 15 is 0 Å². The second-order valence-corrected chi connectivity index (χ2v) is 8.42. The van der Waals surface area contributed by atoms with Crippen LogP contribution in [0, 0.1) is 0 Å². The van der Waals surface area contributed by atoms with E-state index in [9.17, 15) is 4.79 Å². The highest BCUT2D eigenvalue weighted by Gasteiger charge is 2.24. The van der Waals surface area contributed by atoms with Gasteiger partial charge in [0.2, 0.25) is 11.8 Å². The number of rotatable bonds is 7. The van der Waals surface area contributed by atoms with Crippen molar-refractivity contribution in [3.05, 3.63) is 64.2 Å². The smallest absolute Gasteiger partial charge is 0.318 e. The molecular weight excluding hydrogens is 384 g/mol. The molecule has 4 rings (SSSR count). The van der Waals surface area contributed by atoms with Crippen molar-refractivity contribution in [1.82, 2.24) is 15.5 Å². The van der Waals surface area contributed by atoms with E-state index in [0.29, 0.717) is 24.7 Å². The summed E-state index contributed by atoms with van der Waals surface area (Å²) in [6, 6.07) is 14.2. The van der Waals surface area contributed by atoms with Crippen molar-refractivity contribution in [2.24, 2.45) is 0 Å². The summed E-state index contributed by atoms with van der Waals surface area (Å²) in [5, 5.41) is 13.7. The number of benzene rings is 1. The van der Waals surface area contributed by atoms with E-state index in [1.54, 1.807) is 11.3 Å². The maximum Gasteiger partial charge on any atom is 0.318 e. The number of nitrogens with zero attached hydrogens (tertiary/aromatic N) is 3. The van der Waals surface area contributed by atoms with Gasteiger partial charge in [0.1, 0.15) is 6.04 Å². The van der Waals surface area contributed by atoms with Crippen molar-refractivity contribution in [2.75, 3.05) is 18.0 Å². The molecule has 0 spiro atoms. The van der Waals surface area contributed by atoms with Crippen LogP contribution >= 0.6 is 11.3 Å². The van der Waals surface area contributed by atoms with Crippen LogP contribution in [0.1, 0.15) is 48.1 Å². The number of hydrogen-bond acceptors (Lipinski definition) is 6. The lowest BCUT2D eigenvalue weighted by Crippen LogP contribution is -2.31. The molecule has 0 aliphatic carbocycles. The molecular formula is C22H26N4O2S. The molecule has 1 fully saturated rings. The third-order valence-corrected chi connectivity index (χ3v) is 6.01. The molecule has 1 saturated heterocycles. The van der Waals surface area contributed by atoms with Gasteiger partial charge in [0.25, 0.3) is 0 Å². The van der Waals surface area contributed by atoms with Gasteiger partial charge in [-0.25, -0.2) is 0 Å². The maximum atomic E-state index is 12.6. The van der Waals surface area contributed by atoms with Crippen LogP contribution in [-0.4, -0.2) is 29.2 Å². The van der Waals surface area contributed by atoms with Crippen LogP contribution in [0.25, 0.3) is 0 Å². The van der Waals surface area contributed by atoms with Gasteiger partial charge in [-0.1, -0.05) is 54.3 Å². The standard InChI is InChI=1S/C22H26N4O2S/c27-20(16-18-11-8-14-29-18)23-19(15-17-9-4-3-5-10-17)21-24-25-22(28-21)26-12-6-1-2-7-13-26/h3-5,8-11,14,19H,1-2,6-7,12-13,15-16H2,(H,23,27)/t19-/m0/s1. The second-order valence-electron chi connectivity index (χ2n) is 7.39. The van der Waals surface area contributed by atoms with Crippen molar-refractivity contribution in [3.8, 4) is 0 Å².